The molecule has 0 N–H and O–H groups in total. The van der Waals surface area contributed by atoms with Gasteiger partial charge in [0.25, 0.3) is 0 Å². The minimum absolute atomic E-state index is 0.0902. The Morgan fingerprint density at radius 1 is 0.667 bits per heavy atom. The Balaban J connectivity index is 0.000000130. The summed E-state index contributed by atoms with van der Waals surface area (Å²) in [6.45, 7) is 0.919. The van der Waals surface area contributed by atoms with Crippen LogP contribution in [0.3, 0.4) is 0 Å². The van der Waals surface area contributed by atoms with Crippen molar-refractivity contribution in [3.8, 4) is 0 Å². The molecule has 4 heterocycles. The van der Waals surface area contributed by atoms with E-state index in [2.05, 4.69) is 0 Å². The molecule has 4 saturated heterocycles. The Morgan fingerprint density at radius 2 is 1.18 bits per heavy atom. The summed E-state index contributed by atoms with van der Waals surface area (Å²) in [7, 11) is 0. The van der Waals surface area contributed by atoms with E-state index in [1.807, 2.05) is 65.6 Å². The van der Waals surface area contributed by atoms with Crippen LogP contribution in [0, 0.1) is 23.7 Å². The number of halogens is 2. The van der Waals surface area contributed by atoms with E-state index in [4.69, 9.17) is 9.47 Å². The lowest BCUT2D eigenvalue weighted by molar-refractivity contribution is -0.139. The molecule has 2 aromatic carbocycles. The normalized spacial score (nSPS) is 37.4. The molecule has 0 bridgehead atoms. The molecule has 6 fully saturated rings. The van der Waals surface area contributed by atoms with Crippen molar-refractivity contribution in [3.63, 3.8) is 0 Å². The van der Waals surface area contributed by atoms with Crippen molar-refractivity contribution < 1.29 is 32.6 Å². The molecule has 8 atom stereocenters. The largest absolute Gasteiger partial charge is 0.352 e. The fraction of sp³-hybridized carbons (Fsp3) is 0.500. The number of alkyl halides is 2. The van der Waals surface area contributed by atoms with Crippen LogP contribution in [0.25, 0.3) is 0 Å². The Hall–Kier alpha value is -3.17. The van der Waals surface area contributed by atoms with Gasteiger partial charge in [0.05, 0.1) is 31.2 Å². The summed E-state index contributed by atoms with van der Waals surface area (Å²) in [5, 5.41) is 0. The number of ketones is 1. The second kappa shape index (κ2) is 9.20. The highest BCUT2D eigenvalue weighted by Gasteiger charge is 2.62. The molecule has 2 amide bonds. The summed E-state index contributed by atoms with van der Waals surface area (Å²) in [5.41, 5.74) is 1.93. The molecule has 2 aliphatic carbocycles. The van der Waals surface area contributed by atoms with Crippen LogP contribution in [0.5, 0.6) is 0 Å². The van der Waals surface area contributed by atoms with Crippen LogP contribution in [0.1, 0.15) is 49.3 Å². The van der Waals surface area contributed by atoms with E-state index in [0.29, 0.717) is 26.1 Å². The standard InChI is InChI=1S/C15H15F2NO2.C15H15NO3/c16-15(17)6-10-11(7-15)13(19)18-12(10)8-20-14(18)9-4-2-1-3-5-9;17-10-6-11-12(7-10)14(18)16-13(11)8-19-15(16)9-4-2-1-3-5-9/h1-5,10-12,14H,6-8H2;1-5,11-13,15H,6-8H2/t10-,11?,12?,14-;11-,12?,13?,15-/m00/s1. The first kappa shape index (κ1) is 24.8. The van der Waals surface area contributed by atoms with E-state index in [9.17, 15) is 23.2 Å². The van der Waals surface area contributed by atoms with Crippen LogP contribution >= 0.6 is 0 Å². The van der Waals surface area contributed by atoms with Gasteiger partial charge in [0.15, 0.2) is 12.5 Å². The third-order valence-electron chi connectivity index (χ3n) is 9.37. The Bertz CT molecular complexity index is 1290. The zero-order chi connectivity index (χ0) is 26.9. The van der Waals surface area contributed by atoms with Crippen LogP contribution in [-0.4, -0.2) is 58.6 Å². The molecule has 2 aromatic rings. The Morgan fingerprint density at radius 3 is 1.74 bits per heavy atom. The zero-order valence-corrected chi connectivity index (χ0v) is 21.3. The van der Waals surface area contributed by atoms with Crippen molar-refractivity contribution in [2.75, 3.05) is 13.2 Å². The van der Waals surface area contributed by atoms with Crippen LogP contribution in [0.4, 0.5) is 8.78 Å². The molecule has 6 aliphatic rings. The first-order valence-electron chi connectivity index (χ1n) is 13.7. The molecule has 7 nitrogen and oxygen atoms in total. The maximum Gasteiger partial charge on any atom is 0.249 e. The number of fused-ring (bicyclic) bond motifs is 6. The monoisotopic (exact) mass is 536 g/mol. The topological polar surface area (TPSA) is 76.2 Å². The number of carbonyl (C=O) groups is 3. The molecule has 0 spiro atoms. The fourth-order valence-electron chi connectivity index (χ4n) is 7.68. The maximum absolute atomic E-state index is 13.5. The first-order valence-corrected chi connectivity index (χ1v) is 13.7. The fourth-order valence-corrected chi connectivity index (χ4v) is 7.68. The van der Waals surface area contributed by atoms with Gasteiger partial charge in [0, 0.05) is 48.6 Å². The molecule has 0 aromatic heterocycles. The number of hydrogen-bond donors (Lipinski definition) is 0. The number of ether oxygens (including phenoxy) is 2. The van der Waals surface area contributed by atoms with E-state index in [1.165, 1.54) is 0 Å². The first-order chi connectivity index (χ1) is 18.8. The van der Waals surface area contributed by atoms with Crippen molar-refractivity contribution >= 4 is 17.6 Å². The SMILES string of the molecule is O=C1C2CC(F)(F)C[C@@H]2C2CO[C@@H](c3ccccc3)N12.O=C1CC2C(=O)N3C(CO[C@H]3c3ccccc3)[C@H]2C1. The third-order valence-corrected chi connectivity index (χ3v) is 9.37. The van der Waals surface area contributed by atoms with Gasteiger partial charge in [-0.3, -0.25) is 14.4 Å². The average Bonchev–Trinajstić information content (AvgIpc) is 3.75. The van der Waals surface area contributed by atoms with E-state index in [1.54, 1.807) is 4.90 Å². The summed E-state index contributed by atoms with van der Waals surface area (Å²) in [5.74, 6) is -3.22. The van der Waals surface area contributed by atoms with Gasteiger partial charge in [-0.2, -0.15) is 0 Å². The summed E-state index contributed by atoms with van der Waals surface area (Å²) in [6, 6.07) is 19.2. The van der Waals surface area contributed by atoms with E-state index >= 15 is 0 Å². The predicted octanol–water partition coefficient (Wildman–Crippen LogP) is 4.11. The number of benzene rings is 2. The molecular formula is C30H30F2N2O5. The molecule has 204 valence electrons. The van der Waals surface area contributed by atoms with Gasteiger partial charge >= 0.3 is 0 Å². The van der Waals surface area contributed by atoms with Gasteiger partial charge in [-0.15, -0.1) is 0 Å². The minimum Gasteiger partial charge on any atom is -0.352 e. The van der Waals surface area contributed by atoms with E-state index < -0.39 is 18.1 Å². The highest BCUT2D eigenvalue weighted by Crippen LogP contribution is 2.54. The van der Waals surface area contributed by atoms with Crippen LogP contribution in [0.2, 0.25) is 0 Å². The molecule has 4 aliphatic heterocycles. The van der Waals surface area contributed by atoms with Gasteiger partial charge < -0.3 is 19.3 Å². The van der Waals surface area contributed by atoms with Crippen molar-refractivity contribution in [1.82, 2.24) is 9.80 Å². The second-order valence-electron chi connectivity index (χ2n) is 11.6. The van der Waals surface area contributed by atoms with Crippen molar-refractivity contribution in [3.05, 3.63) is 71.8 Å². The van der Waals surface area contributed by atoms with E-state index in [-0.39, 0.29) is 66.5 Å². The van der Waals surface area contributed by atoms with Gasteiger partial charge in [0.2, 0.25) is 17.7 Å². The highest BCUT2D eigenvalue weighted by molar-refractivity contribution is 5.93. The molecule has 4 unspecified atom stereocenters. The van der Waals surface area contributed by atoms with Crippen molar-refractivity contribution in [2.45, 2.75) is 56.1 Å². The molecule has 8 rings (SSSR count). The average molecular weight is 537 g/mol. The summed E-state index contributed by atoms with van der Waals surface area (Å²) >= 11 is 0. The summed E-state index contributed by atoms with van der Waals surface area (Å²) in [4.78, 5) is 40.0. The smallest absolute Gasteiger partial charge is 0.249 e. The lowest BCUT2D eigenvalue weighted by Crippen LogP contribution is -2.35. The number of rotatable bonds is 2. The van der Waals surface area contributed by atoms with Gasteiger partial charge in [-0.1, -0.05) is 60.7 Å². The van der Waals surface area contributed by atoms with Gasteiger partial charge in [-0.25, -0.2) is 8.78 Å². The van der Waals surface area contributed by atoms with Crippen LogP contribution in [-0.2, 0) is 23.9 Å². The number of Topliss-reactive ketones (excluding diaryl/α,β-unsaturated/α-hetero) is 1. The third kappa shape index (κ3) is 4.00. The van der Waals surface area contributed by atoms with Gasteiger partial charge in [-0.05, 0) is 5.92 Å². The molecule has 2 saturated carbocycles. The second-order valence-corrected chi connectivity index (χ2v) is 11.6. The quantitative estimate of drug-likeness (QED) is 0.578. The van der Waals surface area contributed by atoms with Crippen molar-refractivity contribution in [1.29, 1.82) is 0 Å². The zero-order valence-electron chi connectivity index (χ0n) is 21.3. The number of hydrogen-bond acceptors (Lipinski definition) is 5. The van der Waals surface area contributed by atoms with E-state index in [0.717, 1.165) is 11.1 Å². The van der Waals surface area contributed by atoms with Crippen LogP contribution < -0.4 is 0 Å². The Kier molecular flexibility index (Phi) is 5.86. The van der Waals surface area contributed by atoms with Crippen LogP contribution in [0.15, 0.2) is 60.7 Å². The van der Waals surface area contributed by atoms with Gasteiger partial charge in [0.1, 0.15) is 5.78 Å². The van der Waals surface area contributed by atoms with Crippen molar-refractivity contribution in [2.24, 2.45) is 23.7 Å². The molecular weight excluding hydrogens is 506 g/mol. The summed E-state index contributed by atoms with van der Waals surface area (Å²) in [6.07, 6.45) is -0.187. The molecule has 9 heteroatoms. The number of carbonyl (C=O) groups excluding carboxylic acids is 3. The highest BCUT2D eigenvalue weighted by atomic mass is 19.3. The number of amides is 2. The molecule has 39 heavy (non-hydrogen) atoms. The minimum atomic E-state index is -2.69. The summed E-state index contributed by atoms with van der Waals surface area (Å²) < 4.78 is 38.5. The maximum atomic E-state index is 13.5. The Labute approximate surface area is 225 Å². The predicted molar refractivity (Wildman–Crippen MR) is 134 cm³/mol. The number of nitrogens with zero attached hydrogens (tertiary/aromatic N) is 2. The lowest BCUT2D eigenvalue weighted by Gasteiger charge is -2.25. The lowest BCUT2D eigenvalue weighted by atomic mass is 9.94. The molecule has 0 radical (unpaired) electrons.